The molecule has 0 N–H and O–H groups in total. The van der Waals surface area contributed by atoms with Crippen LogP contribution in [0.4, 0.5) is 0 Å². The van der Waals surface area contributed by atoms with Crippen LogP contribution in [-0.2, 0) is 20.9 Å². The molecule has 1 aliphatic rings. The van der Waals surface area contributed by atoms with E-state index in [0.717, 1.165) is 22.9 Å². The van der Waals surface area contributed by atoms with Gasteiger partial charge in [-0.05, 0) is 42.2 Å². The van der Waals surface area contributed by atoms with E-state index in [1.54, 1.807) is 10.4 Å². The molecule has 0 unspecified atom stereocenters. The summed E-state index contributed by atoms with van der Waals surface area (Å²) in [7, 11) is -5.22. The highest BCUT2D eigenvalue weighted by Crippen LogP contribution is 2.37. The van der Waals surface area contributed by atoms with E-state index < -0.39 is 18.3 Å². The standard InChI is InChI=1S/C19H32BrNO3SSi/c1-7-8-16-9-10-17(20)11-18(16)25(22,23)21-12-15(13-21)14-24-26(5,6)19(2,3)4/h9-11,15H,7-8,12-14H2,1-6H3. The topological polar surface area (TPSA) is 46.6 Å². The zero-order valence-electron chi connectivity index (χ0n) is 16.8. The average Bonchev–Trinajstić information content (AvgIpc) is 2.46. The van der Waals surface area contributed by atoms with Crippen LogP contribution in [0.25, 0.3) is 0 Å². The van der Waals surface area contributed by atoms with Crippen LogP contribution < -0.4 is 0 Å². The molecule has 26 heavy (non-hydrogen) atoms. The minimum absolute atomic E-state index is 0.174. The van der Waals surface area contributed by atoms with Crippen LogP contribution in [0.2, 0.25) is 18.1 Å². The number of hydrogen-bond acceptors (Lipinski definition) is 3. The van der Waals surface area contributed by atoms with Gasteiger partial charge in [0.25, 0.3) is 0 Å². The normalized spacial score (nSPS) is 17.3. The molecule has 0 saturated carbocycles. The Morgan fingerprint density at radius 3 is 2.42 bits per heavy atom. The first-order chi connectivity index (χ1) is 11.9. The van der Waals surface area contributed by atoms with Crippen molar-refractivity contribution in [2.24, 2.45) is 5.92 Å². The van der Waals surface area contributed by atoms with Crippen molar-refractivity contribution < 1.29 is 12.8 Å². The van der Waals surface area contributed by atoms with Gasteiger partial charge in [0.1, 0.15) is 0 Å². The van der Waals surface area contributed by atoms with E-state index >= 15 is 0 Å². The second-order valence-corrected chi connectivity index (χ2v) is 16.4. The molecule has 4 nitrogen and oxygen atoms in total. The van der Waals surface area contributed by atoms with Gasteiger partial charge in [0, 0.05) is 30.1 Å². The van der Waals surface area contributed by atoms with Crippen molar-refractivity contribution in [2.75, 3.05) is 19.7 Å². The smallest absolute Gasteiger partial charge is 0.243 e. The number of nitrogens with zero attached hydrogens (tertiary/aromatic N) is 1. The van der Waals surface area contributed by atoms with Gasteiger partial charge in [-0.1, -0.05) is 56.1 Å². The molecule has 0 aromatic heterocycles. The largest absolute Gasteiger partial charge is 0.416 e. The third kappa shape index (κ3) is 4.79. The molecular weight excluding hydrogens is 430 g/mol. The molecule has 1 saturated heterocycles. The highest BCUT2D eigenvalue weighted by molar-refractivity contribution is 9.10. The molecule has 0 spiro atoms. The quantitative estimate of drug-likeness (QED) is 0.533. The SMILES string of the molecule is CCCc1ccc(Br)cc1S(=O)(=O)N1CC(CO[Si](C)(C)C(C)(C)C)C1. The van der Waals surface area contributed by atoms with Gasteiger partial charge < -0.3 is 4.43 Å². The van der Waals surface area contributed by atoms with Crippen LogP contribution in [0.1, 0.15) is 39.7 Å². The molecule has 1 aliphatic heterocycles. The second-order valence-electron chi connectivity index (χ2n) is 8.76. The Labute approximate surface area is 168 Å². The molecule has 1 fully saturated rings. The maximum Gasteiger partial charge on any atom is 0.243 e. The molecule has 1 aromatic carbocycles. The number of hydrogen-bond donors (Lipinski definition) is 0. The Morgan fingerprint density at radius 1 is 1.27 bits per heavy atom. The molecule has 2 rings (SSSR count). The first-order valence-corrected chi connectivity index (χ1v) is 14.4. The highest BCUT2D eigenvalue weighted by atomic mass is 79.9. The first kappa shape index (κ1) is 22.1. The Hall–Kier alpha value is -0.213. The van der Waals surface area contributed by atoms with Crippen molar-refractivity contribution in [3.63, 3.8) is 0 Å². The van der Waals surface area contributed by atoms with E-state index in [4.69, 9.17) is 4.43 Å². The fourth-order valence-electron chi connectivity index (χ4n) is 2.75. The van der Waals surface area contributed by atoms with Crippen molar-refractivity contribution in [3.8, 4) is 0 Å². The second kappa shape index (κ2) is 8.03. The Morgan fingerprint density at radius 2 is 1.88 bits per heavy atom. The van der Waals surface area contributed by atoms with Crippen molar-refractivity contribution in [1.82, 2.24) is 4.31 Å². The van der Waals surface area contributed by atoms with Gasteiger partial charge in [0.15, 0.2) is 8.32 Å². The minimum Gasteiger partial charge on any atom is -0.416 e. The maximum atomic E-state index is 13.0. The van der Waals surface area contributed by atoms with Crippen LogP contribution in [-0.4, -0.2) is 40.7 Å². The third-order valence-electron chi connectivity index (χ3n) is 5.58. The van der Waals surface area contributed by atoms with Gasteiger partial charge >= 0.3 is 0 Å². The molecular formula is C19H32BrNO3SSi. The number of sulfonamides is 1. The van der Waals surface area contributed by atoms with Crippen LogP contribution in [0, 0.1) is 5.92 Å². The lowest BCUT2D eigenvalue weighted by Crippen LogP contribution is -2.53. The molecule has 0 bridgehead atoms. The Bertz CT molecular complexity index is 738. The summed E-state index contributed by atoms with van der Waals surface area (Å²) in [5, 5.41) is 0.174. The third-order valence-corrected chi connectivity index (χ3v) is 12.5. The fraction of sp³-hybridized carbons (Fsp3) is 0.684. The lowest BCUT2D eigenvalue weighted by molar-refractivity contribution is 0.121. The maximum absolute atomic E-state index is 13.0. The van der Waals surface area contributed by atoms with Crippen molar-refractivity contribution >= 4 is 34.3 Å². The first-order valence-electron chi connectivity index (χ1n) is 9.31. The van der Waals surface area contributed by atoms with E-state index in [1.165, 1.54) is 0 Å². The van der Waals surface area contributed by atoms with E-state index in [9.17, 15) is 8.42 Å². The highest BCUT2D eigenvalue weighted by Gasteiger charge is 2.41. The van der Waals surface area contributed by atoms with Gasteiger partial charge in [-0.3, -0.25) is 0 Å². The van der Waals surface area contributed by atoms with Crippen molar-refractivity contribution in [1.29, 1.82) is 0 Å². The van der Waals surface area contributed by atoms with E-state index in [0.29, 0.717) is 30.5 Å². The Balaban J connectivity index is 2.03. The van der Waals surface area contributed by atoms with Crippen molar-refractivity contribution in [2.45, 2.75) is 63.6 Å². The van der Waals surface area contributed by atoms with Gasteiger partial charge in [-0.25, -0.2) is 8.42 Å². The number of halogens is 1. The fourth-order valence-corrected chi connectivity index (χ4v) is 6.22. The van der Waals surface area contributed by atoms with Crippen LogP contribution in [0.5, 0.6) is 0 Å². The molecule has 1 heterocycles. The van der Waals surface area contributed by atoms with Gasteiger partial charge in [-0.2, -0.15) is 4.31 Å². The summed E-state index contributed by atoms with van der Waals surface area (Å²) in [6.45, 7) is 15.0. The zero-order valence-corrected chi connectivity index (χ0v) is 20.2. The number of rotatable bonds is 7. The number of benzene rings is 1. The molecule has 0 amide bonds. The predicted molar refractivity (Wildman–Crippen MR) is 114 cm³/mol. The molecule has 148 valence electrons. The molecule has 0 aliphatic carbocycles. The average molecular weight is 463 g/mol. The Kier molecular flexibility index (Phi) is 6.82. The van der Waals surface area contributed by atoms with Crippen LogP contribution >= 0.6 is 15.9 Å². The number of aryl methyl sites for hydroxylation is 1. The zero-order chi connectivity index (χ0) is 19.8. The lowest BCUT2D eigenvalue weighted by Gasteiger charge is -2.42. The van der Waals surface area contributed by atoms with E-state index in [2.05, 4.69) is 56.7 Å². The monoisotopic (exact) mass is 461 g/mol. The summed E-state index contributed by atoms with van der Waals surface area (Å²) in [6.07, 6.45) is 1.70. The summed E-state index contributed by atoms with van der Waals surface area (Å²) >= 11 is 3.41. The molecule has 0 radical (unpaired) electrons. The lowest BCUT2D eigenvalue weighted by atomic mass is 10.1. The summed E-state index contributed by atoms with van der Waals surface area (Å²) < 4.78 is 34.7. The van der Waals surface area contributed by atoms with Gasteiger partial charge in [-0.15, -0.1) is 0 Å². The molecule has 1 aromatic rings. The van der Waals surface area contributed by atoms with E-state index in [-0.39, 0.29) is 5.04 Å². The van der Waals surface area contributed by atoms with E-state index in [1.807, 2.05) is 12.1 Å². The molecule has 0 atom stereocenters. The molecule has 7 heteroatoms. The van der Waals surface area contributed by atoms with Gasteiger partial charge in [0.05, 0.1) is 4.90 Å². The van der Waals surface area contributed by atoms with Crippen LogP contribution in [0.3, 0.4) is 0 Å². The summed E-state index contributed by atoms with van der Waals surface area (Å²) in [5.41, 5.74) is 0.900. The van der Waals surface area contributed by atoms with Gasteiger partial charge in [0.2, 0.25) is 10.0 Å². The summed E-state index contributed by atoms with van der Waals surface area (Å²) in [6, 6.07) is 5.56. The summed E-state index contributed by atoms with van der Waals surface area (Å²) in [4.78, 5) is 0.442. The predicted octanol–water partition coefficient (Wildman–Crippen LogP) is 5.04. The summed E-state index contributed by atoms with van der Waals surface area (Å²) in [5.74, 6) is 0.292. The van der Waals surface area contributed by atoms with Crippen molar-refractivity contribution in [3.05, 3.63) is 28.2 Å². The van der Waals surface area contributed by atoms with Crippen LogP contribution in [0.15, 0.2) is 27.6 Å². The minimum atomic E-state index is -3.43.